The molecule has 25 heavy (non-hydrogen) atoms. The molecule has 1 aromatic carbocycles. The predicted molar refractivity (Wildman–Crippen MR) is 95.9 cm³/mol. The lowest BCUT2D eigenvalue weighted by atomic mass is 10.2. The standard InChI is InChI=1S/C19H24N4O2/c1-3-10-20-18(24)9-11-23(14-16-7-5-4-6-8-16)19(25)17-13-21-15(2)12-22-17/h4-8,12-13H,3,9-11,14H2,1-2H3,(H,20,24). The lowest BCUT2D eigenvalue weighted by Crippen LogP contribution is -2.35. The van der Waals surface area contributed by atoms with Gasteiger partial charge in [-0.3, -0.25) is 14.6 Å². The number of nitrogens with one attached hydrogen (secondary N) is 1. The molecule has 0 aliphatic carbocycles. The van der Waals surface area contributed by atoms with Crippen molar-refractivity contribution < 1.29 is 9.59 Å². The first-order chi connectivity index (χ1) is 12.1. The number of benzene rings is 1. The summed E-state index contributed by atoms with van der Waals surface area (Å²) in [6, 6.07) is 9.70. The van der Waals surface area contributed by atoms with Gasteiger partial charge in [0.25, 0.3) is 5.91 Å². The molecular weight excluding hydrogens is 316 g/mol. The maximum atomic E-state index is 12.8. The number of carbonyl (C=O) groups excluding carboxylic acids is 2. The van der Waals surface area contributed by atoms with Crippen molar-refractivity contribution >= 4 is 11.8 Å². The van der Waals surface area contributed by atoms with E-state index in [-0.39, 0.29) is 23.9 Å². The van der Waals surface area contributed by atoms with E-state index in [2.05, 4.69) is 15.3 Å². The molecule has 2 aromatic rings. The molecule has 0 saturated heterocycles. The minimum absolute atomic E-state index is 0.0531. The van der Waals surface area contributed by atoms with Gasteiger partial charge in [-0.1, -0.05) is 37.3 Å². The topological polar surface area (TPSA) is 75.2 Å². The van der Waals surface area contributed by atoms with Gasteiger partial charge in [0.2, 0.25) is 5.91 Å². The van der Waals surface area contributed by atoms with Crippen LogP contribution in [0.5, 0.6) is 0 Å². The van der Waals surface area contributed by atoms with E-state index >= 15 is 0 Å². The fourth-order valence-corrected chi connectivity index (χ4v) is 2.31. The van der Waals surface area contributed by atoms with Crippen LogP contribution in [0.2, 0.25) is 0 Å². The van der Waals surface area contributed by atoms with Crippen LogP contribution in [0.4, 0.5) is 0 Å². The van der Waals surface area contributed by atoms with Crippen LogP contribution in [-0.2, 0) is 11.3 Å². The Labute approximate surface area is 148 Å². The van der Waals surface area contributed by atoms with Crippen LogP contribution in [0.3, 0.4) is 0 Å². The minimum atomic E-state index is -0.223. The molecule has 1 heterocycles. The molecule has 0 unspecified atom stereocenters. The predicted octanol–water partition coefficient (Wildman–Crippen LogP) is 2.34. The number of aromatic nitrogens is 2. The van der Waals surface area contributed by atoms with Crippen molar-refractivity contribution in [3.05, 3.63) is 59.7 Å². The second-order valence-corrected chi connectivity index (χ2v) is 5.86. The van der Waals surface area contributed by atoms with E-state index in [1.165, 1.54) is 6.20 Å². The molecule has 0 atom stereocenters. The third kappa shape index (κ3) is 5.99. The Kier molecular flexibility index (Phi) is 7.07. The van der Waals surface area contributed by atoms with Gasteiger partial charge in [-0.2, -0.15) is 0 Å². The fraction of sp³-hybridized carbons (Fsp3) is 0.368. The largest absolute Gasteiger partial charge is 0.356 e. The van der Waals surface area contributed by atoms with Gasteiger partial charge in [-0.15, -0.1) is 0 Å². The number of aryl methyl sites for hydroxylation is 1. The third-order valence-electron chi connectivity index (χ3n) is 3.68. The van der Waals surface area contributed by atoms with Crippen molar-refractivity contribution in [2.75, 3.05) is 13.1 Å². The first-order valence-electron chi connectivity index (χ1n) is 8.48. The molecule has 0 bridgehead atoms. The molecule has 0 aliphatic rings. The zero-order valence-corrected chi connectivity index (χ0v) is 14.7. The Morgan fingerprint density at radius 3 is 2.52 bits per heavy atom. The summed E-state index contributed by atoms with van der Waals surface area (Å²) in [7, 11) is 0. The maximum absolute atomic E-state index is 12.8. The van der Waals surface area contributed by atoms with E-state index in [9.17, 15) is 9.59 Å². The maximum Gasteiger partial charge on any atom is 0.274 e. The zero-order chi connectivity index (χ0) is 18.1. The SMILES string of the molecule is CCCNC(=O)CCN(Cc1ccccc1)C(=O)c1cnc(C)cn1. The zero-order valence-electron chi connectivity index (χ0n) is 14.7. The molecule has 0 radical (unpaired) electrons. The van der Waals surface area contributed by atoms with Crippen molar-refractivity contribution in [1.82, 2.24) is 20.2 Å². The molecule has 6 nitrogen and oxygen atoms in total. The Balaban J connectivity index is 2.09. The van der Waals surface area contributed by atoms with Gasteiger partial charge in [-0.25, -0.2) is 4.98 Å². The molecule has 2 amide bonds. The molecule has 2 rings (SSSR count). The van der Waals surface area contributed by atoms with Gasteiger partial charge in [0.05, 0.1) is 11.9 Å². The quantitative estimate of drug-likeness (QED) is 0.800. The first-order valence-corrected chi connectivity index (χ1v) is 8.48. The summed E-state index contributed by atoms with van der Waals surface area (Å²) in [5.41, 5.74) is 2.05. The van der Waals surface area contributed by atoms with Crippen LogP contribution in [-0.4, -0.2) is 39.8 Å². The Morgan fingerprint density at radius 2 is 1.88 bits per heavy atom. The average Bonchev–Trinajstić information content (AvgIpc) is 2.64. The highest BCUT2D eigenvalue weighted by molar-refractivity contribution is 5.92. The molecule has 0 saturated carbocycles. The summed E-state index contributed by atoms with van der Waals surface area (Å²) in [6.07, 6.45) is 4.20. The number of hydrogen-bond donors (Lipinski definition) is 1. The van der Waals surface area contributed by atoms with E-state index in [4.69, 9.17) is 0 Å². The van der Waals surface area contributed by atoms with Crippen molar-refractivity contribution in [1.29, 1.82) is 0 Å². The average molecular weight is 340 g/mol. The van der Waals surface area contributed by atoms with Gasteiger partial charge in [0.1, 0.15) is 5.69 Å². The summed E-state index contributed by atoms with van der Waals surface area (Å²) in [4.78, 5) is 34.6. The normalized spacial score (nSPS) is 10.3. The molecular formula is C19H24N4O2. The van der Waals surface area contributed by atoms with Crippen LogP contribution in [0, 0.1) is 6.92 Å². The highest BCUT2D eigenvalue weighted by atomic mass is 16.2. The summed E-state index contributed by atoms with van der Waals surface area (Å²) in [6.45, 7) is 5.23. The van der Waals surface area contributed by atoms with Crippen LogP contribution in [0.15, 0.2) is 42.7 Å². The summed E-state index contributed by atoms with van der Waals surface area (Å²) < 4.78 is 0. The minimum Gasteiger partial charge on any atom is -0.356 e. The second kappa shape index (κ2) is 9.52. The van der Waals surface area contributed by atoms with Crippen LogP contribution in [0.1, 0.15) is 41.5 Å². The lowest BCUT2D eigenvalue weighted by molar-refractivity contribution is -0.121. The molecule has 1 N–H and O–H groups in total. The first kappa shape index (κ1) is 18.6. The third-order valence-corrected chi connectivity index (χ3v) is 3.68. The van der Waals surface area contributed by atoms with E-state index in [0.717, 1.165) is 17.7 Å². The summed E-state index contributed by atoms with van der Waals surface area (Å²) in [5.74, 6) is -0.276. The number of amides is 2. The fourth-order valence-electron chi connectivity index (χ4n) is 2.31. The molecule has 6 heteroatoms. The lowest BCUT2D eigenvalue weighted by Gasteiger charge is -2.22. The highest BCUT2D eigenvalue weighted by Gasteiger charge is 2.18. The van der Waals surface area contributed by atoms with Crippen molar-refractivity contribution in [2.45, 2.75) is 33.2 Å². The van der Waals surface area contributed by atoms with E-state index in [1.807, 2.05) is 44.2 Å². The summed E-state index contributed by atoms with van der Waals surface area (Å²) in [5, 5.41) is 2.83. The smallest absolute Gasteiger partial charge is 0.274 e. The molecule has 1 aromatic heterocycles. The highest BCUT2D eigenvalue weighted by Crippen LogP contribution is 2.09. The molecule has 0 fully saturated rings. The van der Waals surface area contributed by atoms with Gasteiger partial charge < -0.3 is 10.2 Å². The number of hydrogen-bond acceptors (Lipinski definition) is 4. The van der Waals surface area contributed by atoms with Gasteiger partial charge in [0, 0.05) is 32.3 Å². The molecule has 132 valence electrons. The van der Waals surface area contributed by atoms with E-state index in [0.29, 0.717) is 19.6 Å². The van der Waals surface area contributed by atoms with Gasteiger partial charge in [-0.05, 0) is 18.9 Å². The second-order valence-electron chi connectivity index (χ2n) is 5.86. The van der Waals surface area contributed by atoms with Crippen LogP contribution in [0.25, 0.3) is 0 Å². The Morgan fingerprint density at radius 1 is 1.12 bits per heavy atom. The number of rotatable bonds is 8. The van der Waals surface area contributed by atoms with Crippen molar-refractivity contribution in [2.24, 2.45) is 0 Å². The molecule has 0 aliphatic heterocycles. The van der Waals surface area contributed by atoms with E-state index < -0.39 is 0 Å². The van der Waals surface area contributed by atoms with Gasteiger partial charge >= 0.3 is 0 Å². The number of carbonyl (C=O) groups is 2. The van der Waals surface area contributed by atoms with E-state index in [1.54, 1.807) is 11.1 Å². The molecule has 0 spiro atoms. The Bertz CT molecular complexity index is 686. The van der Waals surface area contributed by atoms with Crippen LogP contribution >= 0.6 is 0 Å². The summed E-state index contributed by atoms with van der Waals surface area (Å²) >= 11 is 0. The monoisotopic (exact) mass is 340 g/mol. The number of nitrogens with zero attached hydrogens (tertiary/aromatic N) is 3. The van der Waals surface area contributed by atoms with Gasteiger partial charge in [0.15, 0.2) is 0 Å². The van der Waals surface area contributed by atoms with Crippen molar-refractivity contribution in [3.63, 3.8) is 0 Å². The van der Waals surface area contributed by atoms with Crippen LogP contribution < -0.4 is 5.32 Å². The van der Waals surface area contributed by atoms with Crippen molar-refractivity contribution in [3.8, 4) is 0 Å². The Hall–Kier alpha value is -2.76.